The highest BCUT2D eigenvalue weighted by Crippen LogP contribution is 2.52. The number of aromatic nitrogens is 4. The Kier molecular flexibility index (Phi) is 6.56. The van der Waals surface area contributed by atoms with Gasteiger partial charge in [0.1, 0.15) is 29.9 Å². The van der Waals surface area contributed by atoms with Crippen LogP contribution < -0.4 is 15.0 Å². The van der Waals surface area contributed by atoms with E-state index in [-0.39, 0.29) is 18.2 Å². The number of ether oxygens (including phenoxy) is 1. The Morgan fingerprint density at radius 1 is 1.25 bits per heavy atom. The molecule has 4 aromatic rings. The number of rotatable bonds is 8. The topological polar surface area (TPSA) is 129 Å². The summed E-state index contributed by atoms with van der Waals surface area (Å²) in [5, 5.41) is 27.3. The zero-order chi connectivity index (χ0) is 28.0. The Labute approximate surface area is 236 Å². The second kappa shape index (κ2) is 10.1. The van der Waals surface area contributed by atoms with E-state index >= 15 is 0 Å². The first-order chi connectivity index (χ1) is 19.2. The Hall–Kier alpha value is -4.20. The maximum Gasteiger partial charge on any atom is 0.271 e. The summed E-state index contributed by atoms with van der Waals surface area (Å²) in [6.07, 6.45) is 6.59. The van der Waals surface area contributed by atoms with Crippen LogP contribution in [0.4, 0.5) is 5.82 Å². The molecule has 204 valence electrons. The molecule has 3 atom stereocenters. The SMILES string of the molecule is CC(C)(O)COc1cc(-c2ccc(N3C[C@@H]4[C@@H](CNC(=O)c5ncccc5Cl)[C@@H]4C3)nc2)c2c(C#N)cnn2c1. The maximum absolute atomic E-state index is 12.4. The third kappa shape index (κ3) is 5.06. The fourth-order valence-electron chi connectivity index (χ4n) is 5.46. The number of anilines is 1. The molecule has 5 heterocycles. The molecule has 6 rings (SSSR count). The van der Waals surface area contributed by atoms with Crippen LogP contribution in [0.1, 0.15) is 29.9 Å². The summed E-state index contributed by atoms with van der Waals surface area (Å²) in [7, 11) is 0. The van der Waals surface area contributed by atoms with Crippen molar-refractivity contribution >= 4 is 28.8 Å². The van der Waals surface area contributed by atoms with Gasteiger partial charge in [0.2, 0.25) is 0 Å². The summed E-state index contributed by atoms with van der Waals surface area (Å²) in [5.41, 5.74) is 1.99. The molecule has 0 bridgehead atoms. The van der Waals surface area contributed by atoms with Gasteiger partial charge in [-0.05, 0) is 61.9 Å². The van der Waals surface area contributed by atoms with Crippen LogP contribution in [-0.4, -0.2) is 62.4 Å². The minimum Gasteiger partial charge on any atom is -0.489 e. The molecule has 1 aliphatic carbocycles. The Morgan fingerprint density at radius 3 is 2.73 bits per heavy atom. The average molecular weight is 558 g/mol. The van der Waals surface area contributed by atoms with Gasteiger partial charge in [-0.1, -0.05) is 11.6 Å². The van der Waals surface area contributed by atoms with Gasteiger partial charge in [0.15, 0.2) is 0 Å². The first kappa shape index (κ1) is 26.0. The summed E-state index contributed by atoms with van der Waals surface area (Å²) < 4.78 is 7.44. The number of piperidine rings is 1. The lowest BCUT2D eigenvalue weighted by atomic mass is 10.1. The first-order valence-electron chi connectivity index (χ1n) is 13.1. The van der Waals surface area contributed by atoms with Crippen molar-refractivity contribution in [1.29, 1.82) is 5.26 Å². The van der Waals surface area contributed by atoms with Crippen LogP contribution in [0.5, 0.6) is 5.75 Å². The molecule has 1 saturated carbocycles. The predicted octanol–water partition coefficient (Wildman–Crippen LogP) is 3.58. The van der Waals surface area contributed by atoms with Crippen molar-refractivity contribution in [3.63, 3.8) is 0 Å². The number of carbonyl (C=O) groups excluding carboxylic acids is 1. The number of amides is 1. The van der Waals surface area contributed by atoms with Crippen LogP contribution in [0.2, 0.25) is 5.02 Å². The summed E-state index contributed by atoms with van der Waals surface area (Å²) in [6.45, 7) is 5.84. The number of hydrogen-bond acceptors (Lipinski definition) is 8. The average Bonchev–Trinajstić information content (AvgIpc) is 3.25. The van der Waals surface area contributed by atoms with Gasteiger partial charge in [0, 0.05) is 43.2 Å². The number of hydrogen-bond donors (Lipinski definition) is 2. The number of carbonyl (C=O) groups is 1. The third-order valence-corrected chi connectivity index (χ3v) is 7.83. The van der Waals surface area contributed by atoms with Crippen molar-refractivity contribution in [2.75, 3.05) is 31.1 Å². The largest absolute Gasteiger partial charge is 0.489 e. The van der Waals surface area contributed by atoms with E-state index in [0.29, 0.717) is 46.2 Å². The number of nitriles is 1. The fourth-order valence-corrected chi connectivity index (χ4v) is 5.66. The number of halogens is 1. The van der Waals surface area contributed by atoms with Gasteiger partial charge in [0.05, 0.1) is 34.1 Å². The molecule has 0 unspecified atom stereocenters. The zero-order valence-electron chi connectivity index (χ0n) is 22.1. The number of aliphatic hydroxyl groups is 1. The molecule has 1 saturated heterocycles. The molecule has 2 aliphatic rings. The highest BCUT2D eigenvalue weighted by Gasteiger charge is 2.55. The van der Waals surface area contributed by atoms with Gasteiger partial charge in [-0.15, -0.1) is 0 Å². The van der Waals surface area contributed by atoms with Gasteiger partial charge < -0.3 is 20.1 Å². The normalized spacial score (nSPS) is 19.8. The third-order valence-electron chi connectivity index (χ3n) is 7.53. The predicted molar refractivity (Wildman–Crippen MR) is 149 cm³/mol. The summed E-state index contributed by atoms with van der Waals surface area (Å²) in [5.74, 6) is 2.63. The quantitative estimate of drug-likeness (QED) is 0.336. The van der Waals surface area contributed by atoms with Crippen LogP contribution in [0, 0.1) is 29.1 Å². The second-order valence-electron chi connectivity index (χ2n) is 11.0. The molecule has 0 radical (unpaired) electrons. The van der Waals surface area contributed by atoms with Crippen LogP contribution in [-0.2, 0) is 0 Å². The van der Waals surface area contributed by atoms with Gasteiger partial charge in [0.25, 0.3) is 5.91 Å². The molecular formula is C29H28ClN7O3. The molecule has 1 amide bonds. The van der Waals surface area contributed by atoms with E-state index in [2.05, 4.69) is 26.4 Å². The van der Waals surface area contributed by atoms with Gasteiger partial charge >= 0.3 is 0 Å². The number of nitrogens with zero attached hydrogens (tertiary/aromatic N) is 6. The molecule has 2 fully saturated rings. The van der Waals surface area contributed by atoms with Gasteiger partial charge in [-0.3, -0.25) is 4.79 Å². The number of fused-ring (bicyclic) bond motifs is 2. The molecule has 40 heavy (non-hydrogen) atoms. The molecule has 0 aromatic carbocycles. The van der Waals surface area contributed by atoms with E-state index in [1.54, 1.807) is 49.1 Å². The lowest BCUT2D eigenvalue weighted by molar-refractivity contribution is 0.0283. The summed E-state index contributed by atoms with van der Waals surface area (Å²) in [4.78, 5) is 23.5. The number of nitrogens with one attached hydrogen (secondary N) is 1. The summed E-state index contributed by atoms with van der Waals surface area (Å²) >= 11 is 6.09. The van der Waals surface area contributed by atoms with Crippen molar-refractivity contribution < 1.29 is 14.6 Å². The van der Waals surface area contributed by atoms with E-state index < -0.39 is 5.60 Å². The second-order valence-corrected chi connectivity index (χ2v) is 11.4. The smallest absolute Gasteiger partial charge is 0.271 e. The lowest BCUT2D eigenvalue weighted by Crippen LogP contribution is -2.31. The van der Waals surface area contributed by atoms with Crippen molar-refractivity contribution in [3.8, 4) is 22.9 Å². The van der Waals surface area contributed by atoms with E-state index in [1.807, 2.05) is 18.2 Å². The van der Waals surface area contributed by atoms with E-state index in [0.717, 1.165) is 30.0 Å². The van der Waals surface area contributed by atoms with E-state index in [1.165, 1.54) is 6.20 Å². The Morgan fingerprint density at radius 2 is 2.05 bits per heavy atom. The van der Waals surface area contributed by atoms with Crippen LogP contribution in [0.3, 0.4) is 0 Å². The lowest BCUT2D eigenvalue weighted by Gasteiger charge is -2.21. The Balaban J connectivity index is 1.13. The fraction of sp³-hybridized carbons (Fsp3) is 0.345. The van der Waals surface area contributed by atoms with Crippen molar-refractivity contribution in [2.45, 2.75) is 19.4 Å². The molecule has 10 nitrogen and oxygen atoms in total. The van der Waals surface area contributed by atoms with Crippen LogP contribution >= 0.6 is 11.6 Å². The van der Waals surface area contributed by atoms with Crippen LogP contribution in [0.25, 0.3) is 16.6 Å². The molecule has 1 aliphatic heterocycles. The minimum atomic E-state index is -0.992. The monoisotopic (exact) mass is 557 g/mol. The zero-order valence-corrected chi connectivity index (χ0v) is 22.8. The van der Waals surface area contributed by atoms with Crippen LogP contribution in [0.15, 0.2) is 55.1 Å². The molecule has 11 heteroatoms. The molecule has 4 aromatic heterocycles. The maximum atomic E-state index is 12.4. The van der Waals surface area contributed by atoms with Crippen molar-refractivity contribution in [2.24, 2.45) is 17.8 Å². The molecule has 0 spiro atoms. The summed E-state index contributed by atoms with van der Waals surface area (Å²) in [6, 6.07) is 11.4. The highest BCUT2D eigenvalue weighted by atomic mass is 35.5. The van der Waals surface area contributed by atoms with Gasteiger partial charge in [-0.2, -0.15) is 10.4 Å². The van der Waals surface area contributed by atoms with Crippen molar-refractivity contribution in [3.05, 3.63) is 71.4 Å². The minimum absolute atomic E-state index is 0.111. The van der Waals surface area contributed by atoms with Crippen molar-refractivity contribution in [1.82, 2.24) is 24.9 Å². The molecule has 2 N–H and O–H groups in total. The molecular weight excluding hydrogens is 530 g/mol. The standard InChI is InChI=1S/C29H28ClN7O3/c1-29(2,39)16-40-19-8-20(27-18(9-31)11-35-37(27)13-19)17-5-6-25(33-10-17)36-14-22-21(23(22)15-36)12-34-28(38)26-24(30)4-3-7-32-26/h3-8,10-11,13,21-23,39H,12,14-16H2,1-2H3,(H,34,38)/t21-,22-,23+. The van der Waals surface area contributed by atoms with E-state index in [9.17, 15) is 15.2 Å². The highest BCUT2D eigenvalue weighted by molar-refractivity contribution is 6.33. The van der Waals surface area contributed by atoms with Gasteiger partial charge in [-0.25, -0.2) is 14.5 Å². The number of pyridine rings is 3. The Bertz CT molecular complexity index is 1610. The van der Waals surface area contributed by atoms with E-state index in [4.69, 9.17) is 21.3 Å². The first-order valence-corrected chi connectivity index (χ1v) is 13.5.